The van der Waals surface area contributed by atoms with Crippen molar-refractivity contribution in [1.82, 2.24) is 0 Å². The molecule has 6 nitrogen and oxygen atoms in total. The van der Waals surface area contributed by atoms with Gasteiger partial charge >= 0.3 is 60.0 Å². The highest BCUT2D eigenvalue weighted by Gasteiger charge is 2.88. The van der Waals surface area contributed by atoms with Crippen LogP contribution in [0.2, 0.25) is 0 Å². The second kappa shape index (κ2) is 11.6. The Labute approximate surface area is 229 Å². The lowest BCUT2D eigenvalue weighted by Gasteiger charge is -2.40. The first-order chi connectivity index (χ1) is 19.3. The van der Waals surface area contributed by atoms with Crippen LogP contribution in [-0.4, -0.2) is 112 Å². The average Bonchev–Trinajstić information content (AvgIpc) is 3.73. The summed E-state index contributed by atoms with van der Waals surface area (Å²) in [4.78, 5) is 0. The third-order valence-electron chi connectivity index (χ3n) is 5.27. The molecule has 0 bridgehead atoms. The topological polar surface area (TPSA) is 62.0 Å². The van der Waals surface area contributed by atoms with Gasteiger partial charge in [0.1, 0.15) is 25.4 Å². The second-order valence-corrected chi connectivity index (χ2v) is 8.92. The van der Waals surface area contributed by atoms with Crippen molar-refractivity contribution in [3.63, 3.8) is 0 Å². The molecule has 44 heavy (non-hydrogen) atoms. The Morgan fingerprint density at radius 2 is 0.636 bits per heavy atom. The van der Waals surface area contributed by atoms with E-state index in [-0.39, 0.29) is 13.2 Å². The zero-order chi connectivity index (χ0) is 34.6. The van der Waals surface area contributed by atoms with Gasteiger partial charge in [0.2, 0.25) is 0 Å². The Kier molecular flexibility index (Phi) is 10.1. The molecule has 2 heterocycles. The molecule has 0 amide bonds. The molecule has 0 saturated carbocycles. The SMILES string of the molecule is FC(F)(COCC1CO1)C(F)(F)C(F)(F)OC(F)(F)C(F)(F)C(F)(F)C(F)(F)OC(F)(F)C(F)(F)C(F)(F)COCC1CO1. The van der Waals surface area contributed by atoms with Crippen LogP contribution in [0.4, 0.5) is 87.8 Å². The second-order valence-electron chi connectivity index (χ2n) is 8.92. The summed E-state index contributed by atoms with van der Waals surface area (Å²) < 4.78 is 292. The van der Waals surface area contributed by atoms with Gasteiger partial charge in [0.25, 0.3) is 0 Å². The van der Waals surface area contributed by atoms with Gasteiger partial charge in [-0.25, -0.2) is 9.47 Å². The van der Waals surface area contributed by atoms with Crippen LogP contribution in [0.25, 0.3) is 0 Å². The minimum atomic E-state index is -8.53. The number of rotatable bonds is 19. The summed E-state index contributed by atoms with van der Waals surface area (Å²) in [6.07, 6.45) is -33.8. The normalized spacial score (nSPS) is 21.5. The van der Waals surface area contributed by atoms with Crippen LogP contribution in [0.1, 0.15) is 0 Å². The molecule has 0 aromatic heterocycles. The summed E-state index contributed by atoms with van der Waals surface area (Å²) in [5, 5.41) is 0. The molecular formula is C18H14F20O6. The maximum Gasteiger partial charge on any atom is 0.430 e. The molecule has 0 aromatic rings. The fourth-order valence-corrected chi connectivity index (χ4v) is 2.52. The quantitative estimate of drug-likeness (QED) is 0.121. The molecule has 0 spiro atoms. The van der Waals surface area contributed by atoms with Crippen molar-refractivity contribution in [3.8, 4) is 0 Å². The van der Waals surface area contributed by atoms with E-state index >= 15 is 0 Å². The maximum atomic E-state index is 13.7. The monoisotopic (exact) mass is 706 g/mol. The molecular weight excluding hydrogens is 692 g/mol. The largest absolute Gasteiger partial charge is 0.430 e. The lowest BCUT2D eigenvalue weighted by molar-refractivity contribution is -0.539. The van der Waals surface area contributed by atoms with E-state index < -0.39 is 98.6 Å². The molecule has 2 fully saturated rings. The summed E-state index contributed by atoms with van der Waals surface area (Å²) >= 11 is 0. The third kappa shape index (κ3) is 7.17. The fraction of sp³-hybridized carbons (Fsp3) is 1.00. The van der Waals surface area contributed by atoms with E-state index in [1.807, 2.05) is 0 Å². The lowest BCUT2D eigenvalue weighted by atomic mass is 10.1. The van der Waals surface area contributed by atoms with Gasteiger partial charge in [0.15, 0.2) is 0 Å². The number of hydrogen-bond acceptors (Lipinski definition) is 6. The highest BCUT2D eigenvalue weighted by molar-refractivity contribution is 5.01. The first-order valence-electron chi connectivity index (χ1n) is 10.9. The Balaban J connectivity index is 2.28. The van der Waals surface area contributed by atoms with Crippen molar-refractivity contribution in [2.75, 3.05) is 39.6 Å². The van der Waals surface area contributed by atoms with E-state index in [1.165, 1.54) is 9.47 Å². The summed E-state index contributed by atoms with van der Waals surface area (Å²) in [5.41, 5.74) is 0. The predicted octanol–water partition coefficient (Wildman–Crippen LogP) is 6.03. The number of halogens is 20. The molecule has 2 aliphatic heterocycles. The Morgan fingerprint density at radius 3 is 0.864 bits per heavy atom. The van der Waals surface area contributed by atoms with E-state index in [0.717, 1.165) is 0 Å². The van der Waals surface area contributed by atoms with Gasteiger partial charge in [0.05, 0.1) is 26.4 Å². The van der Waals surface area contributed by atoms with Crippen LogP contribution < -0.4 is 0 Å². The van der Waals surface area contributed by atoms with Gasteiger partial charge in [-0.15, -0.1) is 0 Å². The first-order valence-corrected chi connectivity index (χ1v) is 10.9. The molecule has 262 valence electrons. The predicted molar refractivity (Wildman–Crippen MR) is 92.8 cm³/mol. The van der Waals surface area contributed by atoms with Crippen molar-refractivity contribution in [2.45, 2.75) is 72.2 Å². The standard InChI is InChI=1S/C18H14F20O6/c19-9(20,5-39-1-7-3-41-7)11(23,24)15(31,32)43-17(35,36)13(27,28)14(29,30)18(37,38)44-16(33,34)12(25,26)10(21,22)6-40-2-8-4-42-8/h7-8H,1-6H2. The minimum absolute atomic E-state index is 0.207. The Morgan fingerprint density at radius 1 is 0.409 bits per heavy atom. The van der Waals surface area contributed by atoms with Crippen molar-refractivity contribution in [3.05, 3.63) is 0 Å². The van der Waals surface area contributed by atoms with Gasteiger partial charge in [-0.2, -0.15) is 87.8 Å². The molecule has 0 N–H and O–H groups in total. The molecule has 2 atom stereocenters. The summed E-state index contributed by atoms with van der Waals surface area (Å²) in [6.45, 7) is -8.08. The molecule has 2 aliphatic rings. The van der Waals surface area contributed by atoms with Gasteiger partial charge < -0.3 is 18.9 Å². The van der Waals surface area contributed by atoms with Crippen molar-refractivity contribution < 1.29 is 116 Å². The van der Waals surface area contributed by atoms with Crippen LogP contribution in [0.5, 0.6) is 0 Å². The summed E-state index contributed by atoms with van der Waals surface area (Å²) in [6, 6.07) is 0. The molecule has 0 aromatic carbocycles. The highest BCUT2D eigenvalue weighted by Crippen LogP contribution is 2.59. The van der Waals surface area contributed by atoms with Gasteiger partial charge in [-0.05, 0) is 0 Å². The number of alkyl halides is 20. The van der Waals surface area contributed by atoms with Crippen molar-refractivity contribution in [1.29, 1.82) is 0 Å². The van der Waals surface area contributed by atoms with E-state index in [0.29, 0.717) is 0 Å². The van der Waals surface area contributed by atoms with Crippen LogP contribution in [0, 0.1) is 0 Å². The molecule has 0 radical (unpaired) electrons. The Hall–Kier alpha value is -1.64. The third-order valence-corrected chi connectivity index (χ3v) is 5.27. The van der Waals surface area contributed by atoms with Crippen LogP contribution in [0.3, 0.4) is 0 Å². The van der Waals surface area contributed by atoms with Crippen LogP contribution >= 0.6 is 0 Å². The number of hydrogen-bond donors (Lipinski definition) is 0. The van der Waals surface area contributed by atoms with Gasteiger partial charge in [-0.1, -0.05) is 0 Å². The number of epoxide rings is 2. The van der Waals surface area contributed by atoms with Crippen LogP contribution in [-0.2, 0) is 28.4 Å². The van der Waals surface area contributed by atoms with Crippen molar-refractivity contribution in [2.24, 2.45) is 0 Å². The van der Waals surface area contributed by atoms with Gasteiger partial charge in [-0.3, -0.25) is 0 Å². The van der Waals surface area contributed by atoms with E-state index in [2.05, 4.69) is 18.9 Å². The minimum Gasteiger partial charge on any atom is -0.372 e. The fourth-order valence-electron chi connectivity index (χ4n) is 2.52. The summed E-state index contributed by atoms with van der Waals surface area (Å²) in [5.74, 6) is -44.6. The van der Waals surface area contributed by atoms with Gasteiger partial charge in [0, 0.05) is 0 Å². The van der Waals surface area contributed by atoms with E-state index in [1.54, 1.807) is 0 Å². The van der Waals surface area contributed by atoms with E-state index in [4.69, 9.17) is 0 Å². The maximum absolute atomic E-state index is 13.7. The molecule has 26 heteroatoms. The molecule has 2 saturated heterocycles. The smallest absolute Gasteiger partial charge is 0.372 e. The zero-order valence-electron chi connectivity index (χ0n) is 20.4. The van der Waals surface area contributed by atoms with E-state index in [9.17, 15) is 87.8 Å². The molecule has 2 rings (SSSR count). The average molecular weight is 706 g/mol. The lowest BCUT2D eigenvalue weighted by Crippen LogP contribution is -2.69. The Bertz CT molecular complexity index is 918. The zero-order valence-corrected chi connectivity index (χ0v) is 20.4. The van der Waals surface area contributed by atoms with Crippen molar-refractivity contribution >= 4 is 0 Å². The van der Waals surface area contributed by atoms with Crippen LogP contribution in [0.15, 0.2) is 0 Å². The first kappa shape index (κ1) is 38.5. The summed E-state index contributed by atoms with van der Waals surface area (Å²) in [7, 11) is 0. The number of ether oxygens (including phenoxy) is 6. The molecule has 2 unspecified atom stereocenters. The highest BCUT2D eigenvalue weighted by atomic mass is 19.4. The molecule has 0 aliphatic carbocycles.